The molecule has 1 fully saturated rings. The highest BCUT2D eigenvalue weighted by atomic mass is 35.5. The quantitative estimate of drug-likeness (QED) is 0.883. The highest BCUT2D eigenvalue weighted by Gasteiger charge is 2.35. The van der Waals surface area contributed by atoms with Crippen LogP contribution in [0.3, 0.4) is 0 Å². The van der Waals surface area contributed by atoms with Crippen molar-refractivity contribution in [3.8, 4) is 5.75 Å². The Morgan fingerprint density at radius 2 is 2.08 bits per heavy atom. The number of carbonyl (C=O) groups excluding carboxylic acids is 2. The number of nitrogens with one attached hydrogen (secondary N) is 1. The number of hydrogen-bond acceptors (Lipinski definition) is 3. The molecule has 26 heavy (non-hydrogen) atoms. The number of rotatable bonds is 4. The van der Waals surface area contributed by atoms with Crippen LogP contribution in [-0.4, -0.2) is 25.5 Å². The van der Waals surface area contributed by atoms with Crippen LogP contribution in [0.15, 0.2) is 36.4 Å². The zero-order chi connectivity index (χ0) is 18.8. The number of ether oxygens (including phenoxy) is 1. The van der Waals surface area contributed by atoms with Gasteiger partial charge in [-0.05, 0) is 42.8 Å². The van der Waals surface area contributed by atoms with E-state index in [0.717, 1.165) is 5.56 Å². The van der Waals surface area contributed by atoms with E-state index in [1.807, 2.05) is 19.1 Å². The zero-order valence-electron chi connectivity index (χ0n) is 14.4. The predicted molar refractivity (Wildman–Crippen MR) is 98.2 cm³/mol. The fourth-order valence-electron chi connectivity index (χ4n) is 2.94. The number of nitrogens with zero attached hydrogens (tertiary/aromatic N) is 1. The van der Waals surface area contributed by atoms with E-state index >= 15 is 0 Å². The highest BCUT2D eigenvalue weighted by Crippen LogP contribution is 2.30. The molecule has 1 atom stereocenters. The molecule has 3 rings (SSSR count). The van der Waals surface area contributed by atoms with Gasteiger partial charge in [0.15, 0.2) is 0 Å². The van der Waals surface area contributed by atoms with Crippen LogP contribution in [0.4, 0.5) is 15.8 Å². The van der Waals surface area contributed by atoms with Crippen LogP contribution in [0.2, 0.25) is 5.02 Å². The maximum atomic E-state index is 13.3. The van der Waals surface area contributed by atoms with Gasteiger partial charge in [-0.25, -0.2) is 4.39 Å². The lowest BCUT2D eigenvalue weighted by Gasteiger charge is -2.17. The summed E-state index contributed by atoms with van der Waals surface area (Å²) in [6.45, 7) is 2.12. The Balaban J connectivity index is 1.75. The molecule has 0 bridgehead atoms. The van der Waals surface area contributed by atoms with Crippen LogP contribution in [-0.2, 0) is 9.59 Å². The Bertz CT molecular complexity index is 872. The molecule has 7 heteroatoms. The van der Waals surface area contributed by atoms with E-state index in [1.54, 1.807) is 6.07 Å². The Morgan fingerprint density at radius 1 is 1.31 bits per heavy atom. The minimum Gasteiger partial charge on any atom is -0.495 e. The van der Waals surface area contributed by atoms with Crippen LogP contribution in [0.1, 0.15) is 12.0 Å². The van der Waals surface area contributed by atoms with Gasteiger partial charge in [-0.2, -0.15) is 0 Å². The summed E-state index contributed by atoms with van der Waals surface area (Å²) in [6.07, 6.45) is 0.0783. The molecule has 1 N–H and O–H groups in total. The average molecular weight is 377 g/mol. The summed E-state index contributed by atoms with van der Waals surface area (Å²) in [5.74, 6) is -0.989. The van der Waals surface area contributed by atoms with Crippen LogP contribution in [0.25, 0.3) is 0 Å². The van der Waals surface area contributed by atoms with E-state index in [4.69, 9.17) is 16.3 Å². The van der Waals surface area contributed by atoms with Gasteiger partial charge in [0.05, 0.1) is 23.7 Å². The molecule has 0 saturated carbocycles. The number of benzene rings is 2. The molecule has 1 aliphatic heterocycles. The average Bonchev–Trinajstić information content (AvgIpc) is 2.99. The summed E-state index contributed by atoms with van der Waals surface area (Å²) >= 11 is 5.79. The van der Waals surface area contributed by atoms with E-state index in [2.05, 4.69) is 5.32 Å². The Kier molecular flexibility index (Phi) is 5.13. The number of aryl methyl sites for hydroxylation is 1. The molecule has 1 heterocycles. The van der Waals surface area contributed by atoms with E-state index in [1.165, 1.54) is 30.2 Å². The molecule has 1 aliphatic rings. The van der Waals surface area contributed by atoms with E-state index < -0.39 is 11.7 Å². The third-order valence-corrected chi connectivity index (χ3v) is 4.61. The van der Waals surface area contributed by atoms with Crippen molar-refractivity contribution in [2.24, 2.45) is 5.92 Å². The first-order valence-corrected chi connectivity index (χ1v) is 8.47. The molecule has 1 unspecified atom stereocenters. The number of methoxy groups -OCH3 is 1. The molecule has 0 spiro atoms. The van der Waals surface area contributed by atoms with Crippen molar-refractivity contribution in [2.45, 2.75) is 13.3 Å². The van der Waals surface area contributed by atoms with Crippen LogP contribution in [0, 0.1) is 18.7 Å². The number of amides is 2. The first-order valence-electron chi connectivity index (χ1n) is 8.10. The lowest BCUT2D eigenvalue weighted by atomic mass is 10.1. The third kappa shape index (κ3) is 3.65. The largest absolute Gasteiger partial charge is 0.495 e. The number of hydrogen-bond donors (Lipinski definition) is 1. The van der Waals surface area contributed by atoms with Gasteiger partial charge < -0.3 is 15.0 Å². The number of anilines is 2. The first-order chi connectivity index (χ1) is 12.4. The molecule has 2 aromatic carbocycles. The van der Waals surface area contributed by atoms with Crippen molar-refractivity contribution in [1.29, 1.82) is 0 Å². The summed E-state index contributed by atoms with van der Waals surface area (Å²) in [5.41, 5.74) is 2.02. The van der Waals surface area contributed by atoms with Crippen molar-refractivity contribution in [2.75, 3.05) is 23.9 Å². The number of carbonyl (C=O) groups is 2. The van der Waals surface area contributed by atoms with Gasteiger partial charge in [0.1, 0.15) is 11.6 Å². The SMILES string of the molecule is COc1ccc(C)cc1NC(=O)C1CC(=O)N(c2ccc(F)c(Cl)c2)C1. The molecule has 136 valence electrons. The van der Waals surface area contributed by atoms with Crippen LogP contribution >= 0.6 is 11.6 Å². The first kappa shape index (κ1) is 18.2. The Morgan fingerprint density at radius 3 is 2.77 bits per heavy atom. The molecule has 5 nitrogen and oxygen atoms in total. The molecule has 1 saturated heterocycles. The maximum absolute atomic E-state index is 13.3. The molecule has 0 aliphatic carbocycles. The fourth-order valence-corrected chi connectivity index (χ4v) is 3.11. The lowest BCUT2D eigenvalue weighted by Crippen LogP contribution is -2.28. The smallest absolute Gasteiger partial charge is 0.229 e. The molecule has 2 aromatic rings. The number of halogens is 2. The minimum atomic E-state index is -0.553. The third-order valence-electron chi connectivity index (χ3n) is 4.32. The van der Waals surface area contributed by atoms with Gasteiger partial charge in [-0.3, -0.25) is 9.59 Å². The molecule has 2 amide bonds. The second-order valence-corrected chi connectivity index (χ2v) is 6.60. The second-order valence-electron chi connectivity index (χ2n) is 6.20. The van der Waals surface area contributed by atoms with E-state index in [9.17, 15) is 14.0 Å². The summed E-state index contributed by atoms with van der Waals surface area (Å²) in [7, 11) is 1.53. The fraction of sp³-hybridized carbons (Fsp3) is 0.263. The van der Waals surface area contributed by atoms with E-state index in [-0.39, 0.29) is 29.8 Å². The molecule has 0 aromatic heterocycles. The minimum absolute atomic E-state index is 0.0623. The standard InChI is InChI=1S/C19H18ClFN2O3/c1-11-3-6-17(26-2)16(7-11)22-19(25)12-8-18(24)23(10-12)13-4-5-15(21)14(20)9-13/h3-7,9,12H,8,10H2,1-2H3,(H,22,25). The summed E-state index contributed by atoms with van der Waals surface area (Å²) in [6, 6.07) is 9.54. The van der Waals surface area contributed by atoms with Crippen LogP contribution in [0.5, 0.6) is 5.75 Å². The summed E-state index contributed by atoms with van der Waals surface area (Å²) in [4.78, 5) is 26.4. The Labute approximate surface area is 155 Å². The lowest BCUT2D eigenvalue weighted by molar-refractivity contribution is -0.122. The second kappa shape index (κ2) is 7.33. The molecular formula is C19H18ClFN2O3. The van der Waals surface area contributed by atoms with Crippen LogP contribution < -0.4 is 15.0 Å². The monoisotopic (exact) mass is 376 g/mol. The van der Waals surface area contributed by atoms with E-state index in [0.29, 0.717) is 17.1 Å². The van der Waals surface area contributed by atoms with Gasteiger partial charge in [0.2, 0.25) is 11.8 Å². The van der Waals surface area contributed by atoms with Gasteiger partial charge in [-0.15, -0.1) is 0 Å². The van der Waals surface area contributed by atoms with Crippen molar-refractivity contribution >= 4 is 34.8 Å². The van der Waals surface area contributed by atoms with Gasteiger partial charge in [0, 0.05) is 18.7 Å². The molecule has 0 radical (unpaired) electrons. The summed E-state index contributed by atoms with van der Waals surface area (Å²) in [5, 5.41) is 2.77. The van der Waals surface area contributed by atoms with Crippen molar-refractivity contribution < 1.29 is 18.7 Å². The zero-order valence-corrected chi connectivity index (χ0v) is 15.1. The van der Waals surface area contributed by atoms with Gasteiger partial charge in [-0.1, -0.05) is 17.7 Å². The summed E-state index contributed by atoms with van der Waals surface area (Å²) < 4.78 is 18.6. The van der Waals surface area contributed by atoms with Gasteiger partial charge >= 0.3 is 0 Å². The van der Waals surface area contributed by atoms with Gasteiger partial charge in [0.25, 0.3) is 0 Å². The predicted octanol–water partition coefficient (Wildman–Crippen LogP) is 3.79. The van der Waals surface area contributed by atoms with Crippen molar-refractivity contribution in [3.63, 3.8) is 0 Å². The molecular weight excluding hydrogens is 359 g/mol. The maximum Gasteiger partial charge on any atom is 0.229 e. The van der Waals surface area contributed by atoms with Crippen molar-refractivity contribution in [3.05, 3.63) is 52.8 Å². The van der Waals surface area contributed by atoms with Crippen molar-refractivity contribution in [1.82, 2.24) is 0 Å². The Hall–Kier alpha value is -2.60. The topological polar surface area (TPSA) is 58.6 Å². The highest BCUT2D eigenvalue weighted by molar-refractivity contribution is 6.31. The normalized spacial score (nSPS) is 16.7.